The van der Waals surface area contributed by atoms with Crippen LogP contribution >= 0.6 is 0 Å². The van der Waals surface area contributed by atoms with Crippen LogP contribution in [0.2, 0.25) is 0 Å². The topological polar surface area (TPSA) is 71.8 Å². The number of benzene rings is 2. The summed E-state index contributed by atoms with van der Waals surface area (Å²) in [5.74, 6) is 0.521. The summed E-state index contributed by atoms with van der Waals surface area (Å²) >= 11 is 0. The molecule has 3 aromatic rings. The second-order valence-corrected chi connectivity index (χ2v) is 6.80. The number of nitrogens with zero attached hydrogens (tertiary/aromatic N) is 1. The highest BCUT2D eigenvalue weighted by molar-refractivity contribution is 6.03. The Morgan fingerprint density at radius 3 is 2.55 bits per heavy atom. The lowest BCUT2D eigenvalue weighted by atomic mass is 10.1. The van der Waals surface area contributed by atoms with Crippen molar-refractivity contribution < 1.29 is 18.7 Å². The number of furan rings is 1. The third kappa shape index (κ3) is 5.04. The number of likely N-dealkylation sites (N-methyl/N-ethyl adjacent to an activating group) is 1. The fraction of sp³-hybridized carbons (Fsp3) is 0.217. The minimum atomic E-state index is -0.359. The van der Waals surface area contributed by atoms with Gasteiger partial charge < -0.3 is 19.4 Å². The van der Waals surface area contributed by atoms with Gasteiger partial charge in [0.15, 0.2) is 5.76 Å². The average Bonchev–Trinajstić information content (AvgIpc) is 3.25. The van der Waals surface area contributed by atoms with Crippen molar-refractivity contribution in [1.82, 2.24) is 4.90 Å². The molecule has 3 rings (SSSR count). The first-order valence-corrected chi connectivity index (χ1v) is 9.35. The molecular weight excluding hydrogens is 368 g/mol. The van der Waals surface area contributed by atoms with Crippen LogP contribution in [-0.2, 0) is 0 Å². The molecule has 6 heteroatoms. The van der Waals surface area contributed by atoms with Crippen LogP contribution in [0.1, 0.15) is 32.0 Å². The van der Waals surface area contributed by atoms with Gasteiger partial charge >= 0.3 is 0 Å². The van der Waals surface area contributed by atoms with Gasteiger partial charge in [0.1, 0.15) is 12.4 Å². The largest absolute Gasteiger partial charge is 0.491 e. The molecule has 0 aliphatic heterocycles. The number of hydrogen-bond donors (Lipinski definition) is 1. The van der Waals surface area contributed by atoms with Gasteiger partial charge in [-0.25, -0.2) is 0 Å². The van der Waals surface area contributed by atoms with Gasteiger partial charge in [0.2, 0.25) is 0 Å². The van der Waals surface area contributed by atoms with E-state index in [0.29, 0.717) is 24.4 Å². The average molecular weight is 392 g/mol. The molecule has 0 fully saturated rings. The van der Waals surface area contributed by atoms with Crippen LogP contribution in [0.4, 0.5) is 5.69 Å². The number of aryl methyl sites for hydroxylation is 2. The van der Waals surface area contributed by atoms with E-state index in [0.717, 1.165) is 16.9 Å². The molecular formula is C23H24N2O4. The Hall–Kier alpha value is -3.54. The van der Waals surface area contributed by atoms with E-state index in [-0.39, 0.29) is 17.6 Å². The molecule has 0 unspecified atom stereocenters. The van der Waals surface area contributed by atoms with E-state index in [1.165, 1.54) is 6.26 Å². The quantitative estimate of drug-likeness (QED) is 0.651. The van der Waals surface area contributed by atoms with E-state index < -0.39 is 0 Å². The number of amides is 2. The van der Waals surface area contributed by atoms with Crippen molar-refractivity contribution >= 4 is 17.5 Å². The first-order chi connectivity index (χ1) is 14.0. The molecule has 0 saturated heterocycles. The number of para-hydroxylation sites is 1. The van der Waals surface area contributed by atoms with Gasteiger partial charge in [0, 0.05) is 18.3 Å². The lowest BCUT2D eigenvalue weighted by molar-refractivity contribution is 0.0773. The minimum absolute atomic E-state index is 0.146. The summed E-state index contributed by atoms with van der Waals surface area (Å²) in [7, 11) is 1.73. The Morgan fingerprint density at radius 1 is 1.03 bits per heavy atom. The number of rotatable bonds is 7. The molecule has 1 N–H and O–H groups in total. The molecule has 2 aromatic carbocycles. The molecule has 1 aromatic heterocycles. The number of carbonyl (C=O) groups excluding carboxylic acids is 2. The van der Waals surface area contributed by atoms with Crippen LogP contribution in [0.25, 0.3) is 0 Å². The number of carbonyl (C=O) groups is 2. The van der Waals surface area contributed by atoms with Gasteiger partial charge in [-0.2, -0.15) is 0 Å². The maximum absolute atomic E-state index is 12.8. The molecule has 0 aliphatic rings. The fourth-order valence-corrected chi connectivity index (χ4v) is 2.81. The standard InChI is InChI=1S/C23H24N2O4/c1-16-10-11-18(15-19(16)24-22(26)21-9-6-13-28-21)23(27)25(3)12-14-29-20-8-5-4-7-17(20)2/h4-11,13,15H,12,14H2,1-3H3,(H,24,26). The minimum Gasteiger partial charge on any atom is -0.491 e. The summed E-state index contributed by atoms with van der Waals surface area (Å²) in [5.41, 5.74) is 2.97. The van der Waals surface area contributed by atoms with Crippen LogP contribution in [0, 0.1) is 13.8 Å². The highest BCUT2D eigenvalue weighted by Crippen LogP contribution is 2.20. The van der Waals surface area contributed by atoms with Gasteiger partial charge in [-0.3, -0.25) is 9.59 Å². The second-order valence-electron chi connectivity index (χ2n) is 6.80. The molecule has 0 radical (unpaired) electrons. The Bertz CT molecular complexity index is 996. The van der Waals surface area contributed by atoms with Gasteiger partial charge in [0.05, 0.1) is 12.8 Å². The summed E-state index contributed by atoms with van der Waals surface area (Å²) < 4.78 is 10.9. The Labute approximate surface area is 170 Å². The molecule has 0 aliphatic carbocycles. The monoisotopic (exact) mass is 392 g/mol. The first-order valence-electron chi connectivity index (χ1n) is 9.35. The Kier molecular flexibility index (Phi) is 6.34. The van der Waals surface area contributed by atoms with Crippen molar-refractivity contribution in [3.63, 3.8) is 0 Å². The maximum Gasteiger partial charge on any atom is 0.291 e. The van der Waals surface area contributed by atoms with Gasteiger partial charge in [0.25, 0.3) is 11.8 Å². The van der Waals surface area contributed by atoms with Gasteiger partial charge in [-0.15, -0.1) is 0 Å². The SMILES string of the molecule is Cc1ccc(C(=O)N(C)CCOc2ccccc2C)cc1NC(=O)c1ccco1. The molecule has 2 amide bonds. The van der Waals surface area contributed by atoms with E-state index in [1.54, 1.807) is 36.2 Å². The van der Waals surface area contributed by atoms with Crippen molar-refractivity contribution in [2.75, 3.05) is 25.5 Å². The number of hydrogen-bond acceptors (Lipinski definition) is 4. The van der Waals surface area contributed by atoms with Crippen LogP contribution in [0.5, 0.6) is 5.75 Å². The summed E-state index contributed by atoms with van der Waals surface area (Å²) in [6.07, 6.45) is 1.44. The highest BCUT2D eigenvalue weighted by Gasteiger charge is 2.15. The zero-order valence-electron chi connectivity index (χ0n) is 16.8. The number of nitrogens with one attached hydrogen (secondary N) is 1. The van der Waals surface area contributed by atoms with Crippen molar-refractivity contribution in [1.29, 1.82) is 0 Å². The van der Waals surface area contributed by atoms with E-state index >= 15 is 0 Å². The predicted molar refractivity (Wildman–Crippen MR) is 111 cm³/mol. The maximum atomic E-state index is 12.8. The molecule has 0 saturated carbocycles. The molecule has 29 heavy (non-hydrogen) atoms. The van der Waals surface area contributed by atoms with E-state index in [4.69, 9.17) is 9.15 Å². The third-order valence-corrected chi connectivity index (χ3v) is 4.60. The van der Waals surface area contributed by atoms with Crippen molar-refractivity contribution in [2.45, 2.75) is 13.8 Å². The first kappa shape index (κ1) is 20.2. The van der Waals surface area contributed by atoms with E-state index in [9.17, 15) is 9.59 Å². The summed E-state index contributed by atoms with van der Waals surface area (Å²) in [6, 6.07) is 16.2. The lowest BCUT2D eigenvalue weighted by Crippen LogP contribution is -2.31. The van der Waals surface area contributed by atoms with Gasteiger partial charge in [-0.1, -0.05) is 24.3 Å². The Morgan fingerprint density at radius 2 is 1.83 bits per heavy atom. The van der Waals surface area contributed by atoms with Gasteiger partial charge in [-0.05, 0) is 55.3 Å². The zero-order chi connectivity index (χ0) is 20.8. The Balaban J connectivity index is 1.62. The number of anilines is 1. The van der Waals surface area contributed by atoms with E-state index in [2.05, 4.69) is 5.32 Å². The van der Waals surface area contributed by atoms with Crippen molar-refractivity contribution in [3.05, 3.63) is 83.3 Å². The van der Waals surface area contributed by atoms with Crippen LogP contribution in [0.3, 0.4) is 0 Å². The molecule has 0 spiro atoms. The second kappa shape index (κ2) is 9.10. The smallest absolute Gasteiger partial charge is 0.291 e. The third-order valence-electron chi connectivity index (χ3n) is 4.60. The van der Waals surface area contributed by atoms with E-state index in [1.807, 2.05) is 44.2 Å². The zero-order valence-corrected chi connectivity index (χ0v) is 16.8. The van der Waals surface area contributed by atoms with Crippen molar-refractivity contribution in [2.24, 2.45) is 0 Å². The lowest BCUT2D eigenvalue weighted by Gasteiger charge is -2.19. The normalized spacial score (nSPS) is 10.4. The molecule has 6 nitrogen and oxygen atoms in total. The summed E-state index contributed by atoms with van der Waals surface area (Å²) in [4.78, 5) is 26.6. The summed E-state index contributed by atoms with van der Waals surface area (Å²) in [5, 5.41) is 2.79. The summed E-state index contributed by atoms with van der Waals surface area (Å²) in [6.45, 7) is 4.68. The number of ether oxygens (including phenoxy) is 1. The van der Waals surface area contributed by atoms with Crippen LogP contribution in [-0.4, -0.2) is 36.9 Å². The van der Waals surface area contributed by atoms with Crippen LogP contribution in [0.15, 0.2) is 65.3 Å². The predicted octanol–water partition coefficient (Wildman–Crippen LogP) is 4.30. The van der Waals surface area contributed by atoms with Crippen molar-refractivity contribution in [3.8, 4) is 5.75 Å². The molecule has 0 atom stereocenters. The highest BCUT2D eigenvalue weighted by atomic mass is 16.5. The van der Waals surface area contributed by atoms with Crippen LogP contribution < -0.4 is 10.1 Å². The fourth-order valence-electron chi connectivity index (χ4n) is 2.81. The molecule has 1 heterocycles. The molecule has 0 bridgehead atoms. The molecule has 150 valence electrons.